The zero-order valence-corrected chi connectivity index (χ0v) is 7.27. The summed E-state index contributed by atoms with van der Waals surface area (Å²) in [5, 5.41) is 0. The molecule has 2 aromatic heterocycles. The third kappa shape index (κ3) is 1.59. The number of hydrogen-bond donors (Lipinski definition) is 0. The number of rotatable bonds is 1. The van der Waals surface area contributed by atoms with Gasteiger partial charge in [-0.05, 0) is 6.07 Å². The molecule has 2 heterocycles. The monoisotopic (exact) mass is 194 g/mol. The minimum Gasteiger partial charge on any atom is -0.0494 e. The molecule has 2 aromatic rings. The van der Waals surface area contributed by atoms with Crippen LogP contribution in [0.2, 0.25) is 0 Å². The molecule has 0 atom stereocenters. The lowest BCUT2D eigenvalue weighted by molar-refractivity contribution is -0.844. The highest BCUT2D eigenvalue weighted by Crippen LogP contribution is 2.12. The molecule has 0 radical (unpaired) electrons. The zero-order chi connectivity index (χ0) is 9.97. The molecule has 0 aliphatic carbocycles. The Labute approximate surface area is 79.5 Å². The van der Waals surface area contributed by atoms with Gasteiger partial charge in [0, 0.05) is 33.8 Å². The summed E-state index contributed by atoms with van der Waals surface area (Å²) in [6.07, 6.45) is 3.75. The van der Waals surface area contributed by atoms with Crippen LogP contribution in [0.1, 0.15) is 0 Å². The molecule has 70 valence electrons. The summed E-state index contributed by atoms with van der Waals surface area (Å²) < 4.78 is 25.7. The first-order valence-electron chi connectivity index (χ1n) is 4.12. The third-order valence-electron chi connectivity index (χ3n) is 1.90. The van der Waals surface area contributed by atoms with E-state index in [1.54, 1.807) is 18.2 Å². The third-order valence-corrected chi connectivity index (χ3v) is 1.90. The number of aromatic nitrogens is 2. The maximum atomic E-state index is 13.2. The van der Waals surface area contributed by atoms with Crippen molar-refractivity contribution in [2.24, 2.45) is 0 Å². The Bertz CT molecular complexity index is 440. The lowest BCUT2D eigenvalue weighted by Gasteiger charge is -1.91. The lowest BCUT2D eigenvalue weighted by Crippen LogP contribution is -2.25. The Morgan fingerprint density at radius 2 is 1.57 bits per heavy atom. The van der Waals surface area contributed by atoms with Crippen LogP contribution in [0, 0.1) is 0 Å². The van der Waals surface area contributed by atoms with Gasteiger partial charge in [-0.25, -0.2) is 0 Å². The maximum absolute atomic E-state index is 13.2. The summed E-state index contributed by atoms with van der Waals surface area (Å²) in [5.74, 6) is 0. The highest BCUT2D eigenvalue weighted by atomic mass is 19.2. The average molecular weight is 194 g/mol. The van der Waals surface area contributed by atoms with Crippen molar-refractivity contribution >= 4 is 0 Å². The van der Waals surface area contributed by atoms with Gasteiger partial charge in [0.25, 0.3) is 5.69 Å². The van der Waals surface area contributed by atoms with Crippen LogP contribution < -0.4 is 9.58 Å². The average Bonchev–Trinajstić information content (AvgIpc) is 2.20. The van der Waals surface area contributed by atoms with Crippen molar-refractivity contribution in [3.63, 3.8) is 0 Å². The van der Waals surface area contributed by atoms with Crippen LogP contribution in [0.3, 0.4) is 0 Å². The molecule has 0 aliphatic heterocycles. The van der Waals surface area contributed by atoms with Crippen LogP contribution in [0.5, 0.6) is 0 Å². The fourth-order valence-corrected chi connectivity index (χ4v) is 1.22. The van der Waals surface area contributed by atoms with E-state index in [1.165, 1.54) is 30.7 Å². The maximum Gasteiger partial charge on any atom is 0.261 e. The van der Waals surface area contributed by atoms with E-state index < -0.39 is 0 Å². The summed E-state index contributed by atoms with van der Waals surface area (Å²) in [7, 11) is 0. The van der Waals surface area contributed by atoms with E-state index in [1.807, 2.05) is 0 Å². The van der Waals surface area contributed by atoms with Gasteiger partial charge in [-0.3, -0.25) is 0 Å². The first-order chi connectivity index (χ1) is 6.77. The topological polar surface area (TPSA) is 7.76 Å². The van der Waals surface area contributed by atoms with E-state index >= 15 is 0 Å². The molecule has 0 N–H and O–H groups in total. The fourth-order valence-electron chi connectivity index (χ4n) is 1.22. The lowest BCUT2D eigenvalue weighted by atomic mass is 10.2. The van der Waals surface area contributed by atoms with E-state index in [4.69, 9.17) is 0 Å². The van der Waals surface area contributed by atoms with Crippen molar-refractivity contribution in [3.05, 3.63) is 48.9 Å². The first-order valence-corrected chi connectivity index (χ1v) is 4.12. The molecular formula is C10H8F2N2+2. The van der Waals surface area contributed by atoms with E-state index in [-0.39, 0.29) is 0 Å². The Hall–Kier alpha value is -1.84. The SMILES string of the molecule is F[n+]1ccc(-c2cccc[n+]2F)cc1. The quantitative estimate of drug-likeness (QED) is 0.648. The van der Waals surface area contributed by atoms with Crippen molar-refractivity contribution in [2.45, 2.75) is 0 Å². The van der Waals surface area contributed by atoms with Gasteiger partial charge in [-0.2, -0.15) is 0 Å². The summed E-state index contributed by atoms with van der Waals surface area (Å²) >= 11 is 0. The van der Waals surface area contributed by atoms with Crippen LogP contribution in [0.4, 0.5) is 8.96 Å². The predicted octanol–water partition coefficient (Wildman–Crippen LogP) is 1.39. The molecule has 2 rings (SSSR count). The van der Waals surface area contributed by atoms with Crippen molar-refractivity contribution in [2.75, 3.05) is 0 Å². The molecule has 0 aromatic carbocycles. The molecule has 0 fully saturated rings. The number of nitrogens with zero attached hydrogens (tertiary/aromatic N) is 2. The standard InChI is InChI=1S/C10H8F2N2/c11-13-7-4-9(5-8-13)10-3-1-2-6-14(10)12/h1-8H/q+2. The van der Waals surface area contributed by atoms with E-state index in [0.29, 0.717) is 20.8 Å². The van der Waals surface area contributed by atoms with Crippen LogP contribution in [0.15, 0.2) is 48.9 Å². The minimum absolute atomic E-state index is 0.396. The van der Waals surface area contributed by atoms with Crippen molar-refractivity contribution in [1.29, 1.82) is 0 Å². The van der Waals surface area contributed by atoms with Crippen LogP contribution in [0.25, 0.3) is 11.3 Å². The molecule has 0 spiro atoms. The Morgan fingerprint density at radius 1 is 0.857 bits per heavy atom. The van der Waals surface area contributed by atoms with Gasteiger partial charge >= 0.3 is 0 Å². The second kappa shape index (κ2) is 3.49. The molecule has 14 heavy (non-hydrogen) atoms. The zero-order valence-electron chi connectivity index (χ0n) is 7.27. The first kappa shape index (κ1) is 8.74. The molecule has 4 heteroatoms. The summed E-state index contributed by atoms with van der Waals surface area (Å²) in [4.78, 5) is 0.910. The van der Waals surface area contributed by atoms with Crippen molar-refractivity contribution < 1.29 is 18.5 Å². The second-order valence-electron chi connectivity index (χ2n) is 2.83. The van der Waals surface area contributed by atoms with E-state index in [2.05, 4.69) is 0 Å². The highest BCUT2D eigenvalue weighted by molar-refractivity contribution is 5.53. The Kier molecular flexibility index (Phi) is 2.18. The molecule has 0 amide bonds. The van der Waals surface area contributed by atoms with Crippen LogP contribution in [-0.4, -0.2) is 0 Å². The molecule has 0 aliphatic rings. The fraction of sp³-hybridized carbons (Fsp3) is 0. The van der Waals surface area contributed by atoms with Crippen LogP contribution in [-0.2, 0) is 0 Å². The smallest absolute Gasteiger partial charge is 0.0494 e. The minimum atomic E-state index is 0.396. The predicted molar refractivity (Wildman–Crippen MR) is 45.3 cm³/mol. The molecule has 0 saturated carbocycles. The highest BCUT2D eigenvalue weighted by Gasteiger charge is 2.13. The number of hydrogen-bond acceptors (Lipinski definition) is 0. The van der Waals surface area contributed by atoms with E-state index in [0.717, 1.165) is 0 Å². The number of pyridine rings is 2. The van der Waals surface area contributed by atoms with Gasteiger partial charge in [0.15, 0.2) is 0 Å². The molecule has 0 unspecified atom stereocenters. The molecule has 2 nitrogen and oxygen atoms in total. The largest absolute Gasteiger partial charge is 0.261 e. The van der Waals surface area contributed by atoms with Gasteiger partial charge in [0.1, 0.15) is 0 Å². The van der Waals surface area contributed by atoms with E-state index in [9.17, 15) is 8.96 Å². The normalized spacial score (nSPS) is 10.1. The Balaban J connectivity index is 2.50. The molecule has 0 bridgehead atoms. The summed E-state index contributed by atoms with van der Waals surface area (Å²) in [6.45, 7) is 0. The summed E-state index contributed by atoms with van der Waals surface area (Å²) in [5.41, 5.74) is 1.02. The van der Waals surface area contributed by atoms with Gasteiger partial charge in [0.2, 0.25) is 18.6 Å². The van der Waals surface area contributed by atoms with Gasteiger partial charge in [0.05, 0.1) is 14.5 Å². The molecule has 0 saturated heterocycles. The Morgan fingerprint density at radius 3 is 2.21 bits per heavy atom. The number of halogens is 2. The van der Waals surface area contributed by atoms with Crippen molar-refractivity contribution in [1.82, 2.24) is 0 Å². The van der Waals surface area contributed by atoms with Gasteiger partial charge < -0.3 is 0 Å². The van der Waals surface area contributed by atoms with Crippen molar-refractivity contribution in [3.8, 4) is 11.3 Å². The molecular weight excluding hydrogens is 186 g/mol. The second-order valence-corrected chi connectivity index (χ2v) is 2.83. The van der Waals surface area contributed by atoms with Gasteiger partial charge in [-0.15, -0.1) is 0 Å². The summed E-state index contributed by atoms with van der Waals surface area (Å²) in [6, 6.07) is 7.94. The van der Waals surface area contributed by atoms with Crippen LogP contribution >= 0.6 is 0 Å². The van der Waals surface area contributed by atoms with Gasteiger partial charge in [-0.1, -0.05) is 0 Å².